The predicted molar refractivity (Wildman–Crippen MR) is 78.7 cm³/mol. The average molecular weight is 284 g/mol. The number of rotatable bonds is 5. The number of amides is 1. The molecule has 0 bridgehead atoms. The monoisotopic (exact) mass is 284 g/mol. The van der Waals surface area contributed by atoms with Gasteiger partial charge in [0, 0.05) is 6.20 Å². The van der Waals surface area contributed by atoms with Crippen LogP contribution in [0.5, 0.6) is 0 Å². The minimum absolute atomic E-state index is 0.150. The van der Waals surface area contributed by atoms with Gasteiger partial charge in [0.15, 0.2) is 6.61 Å². The molecule has 0 aliphatic carbocycles. The molecule has 0 fully saturated rings. The second kappa shape index (κ2) is 7.19. The van der Waals surface area contributed by atoms with Gasteiger partial charge >= 0.3 is 5.97 Å². The number of ether oxygens (including phenoxy) is 1. The number of pyridine rings is 1. The maximum absolute atomic E-state index is 11.6. The summed E-state index contributed by atoms with van der Waals surface area (Å²) in [6.45, 7) is 1.59. The lowest BCUT2D eigenvalue weighted by Crippen LogP contribution is -2.22. The van der Waals surface area contributed by atoms with Crippen LogP contribution < -0.4 is 5.32 Å². The van der Waals surface area contributed by atoms with Crippen LogP contribution in [0.1, 0.15) is 11.1 Å². The van der Waals surface area contributed by atoms with Crippen LogP contribution in [0.3, 0.4) is 0 Å². The molecule has 1 N–H and O–H groups in total. The Morgan fingerprint density at radius 1 is 1.14 bits per heavy atom. The molecule has 0 aliphatic heterocycles. The summed E-state index contributed by atoms with van der Waals surface area (Å²) in [7, 11) is 0. The number of carbonyl (C=O) groups is 2. The van der Waals surface area contributed by atoms with Gasteiger partial charge in [-0.1, -0.05) is 36.4 Å². The SMILES string of the molecule is Cc1ccc(NC(=O)COC(=O)Cc2ccccc2)nc1. The number of nitrogens with one attached hydrogen (secondary N) is 1. The highest BCUT2D eigenvalue weighted by Crippen LogP contribution is 2.04. The summed E-state index contributed by atoms with van der Waals surface area (Å²) in [5.41, 5.74) is 1.85. The molecule has 0 aliphatic rings. The summed E-state index contributed by atoms with van der Waals surface area (Å²) in [6, 6.07) is 12.8. The third-order valence-electron chi connectivity index (χ3n) is 2.73. The standard InChI is InChI=1S/C16H16N2O3/c1-12-7-8-14(17-10-12)18-15(19)11-21-16(20)9-13-5-3-2-4-6-13/h2-8,10H,9,11H2,1H3,(H,17,18,19). The Morgan fingerprint density at radius 3 is 2.57 bits per heavy atom. The predicted octanol–water partition coefficient (Wildman–Crippen LogP) is 2.11. The van der Waals surface area contributed by atoms with Gasteiger partial charge in [0.1, 0.15) is 5.82 Å². The number of anilines is 1. The topological polar surface area (TPSA) is 68.3 Å². The normalized spacial score (nSPS) is 9.95. The highest BCUT2D eigenvalue weighted by atomic mass is 16.5. The van der Waals surface area contributed by atoms with E-state index in [4.69, 9.17) is 4.74 Å². The number of aryl methyl sites for hydroxylation is 1. The van der Waals surface area contributed by atoms with Crippen molar-refractivity contribution < 1.29 is 14.3 Å². The number of esters is 1. The van der Waals surface area contributed by atoms with Gasteiger partial charge in [0.05, 0.1) is 6.42 Å². The van der Waals surface area contributed by atoms with Crippen molar-refractivity contribution >= 4 is 17.7 Å². The molecule has 0 saturated heterocycles. The van der Waals surface area contributed by atoms with Crippen LogP contribution in [0.15, 0.2) is 48.7 Å². The Morgan fingerprint density at radius 2 is 1.90 bits per heavy atom. The van der Waals surface area contributed by atoms with Crippen molar-refractivity contribution in [2.24, 2.45) is 0 Å². The maximum Gasteiger partial charge on any atom is 0.310 e. The summed E-state index contributed by atoms with van der Waals surface area (Å²) < 4.78 is 4.92. The molecular weight excluding hydrogens is 268 g/mol. The molecular formula is C16H16N2O3. The summed E-state index contributed by atoms with van der Waals surface area (Å²) in [5.74, 6) is -0.411. The molecule has 108 valence electrons. The van der Waals surface area contributed by atoms with Gasteiger partial charge in [0.25, 0.3) is 5.91 Å². The molecule has 5 nitrogen and oxygen atoms in total. The second-order valence-corrected chi connectivity index (χ2v) is 4.59. The molecule has 0 saturated carbocycles. The Bertz CT molecular complexity index is 609. The lowest BCUT2D eigenvalue weighted by Gasteiger charge is -2.06. The molecule has 0 spiro atoms. The van der Waals surface area contributed by atoms with Crippen LogP contribution in [0.2, 0.25) is 0 Å². The first-order valence-electron chi connectivity index (χ1n) is 6.55. The van der Waals surface area contributed by atoms with E-state index in [-0.39, 0.29) is 13.0 Å². The van der Waals surface area contributed by atoms with E-state index >= 15 is 0 Å². The first-order chi connectivity index (χ1) is 10.1. The summed E-state index contributed by atoms with van der Waals surface area (Å²) in [4.78, 5) is 27.3. The van der Waals surface area contributed by atoms with Gasteiger partial charge in [-0.3, -0.25) is 9.59 Å². The first kappa shape index (κ1) is 14.7. The molecule has 0 atom stereocenters. The van der Waals surface area contributed by atoms with Crippen LogP contribution >= 0.6 is 0 Å². The Kier molecular flexibility index (Phi) is 5.04. The summed E-state index contributed by atoms with van der Waals surface area (Å²) in [5, 5.41) is 2.56. The smallest absolute Gasteiger partial charge is 0.310 e. The summed E-state index contributed by atoms with van der Waals surface area (Å²) in [6.07, 6.45) is 1.80. The van der Waals surface area contributed by atoms with E-state index in [1.54, 1.807) is 12.3 Å². The quantitative estimate of drug-likeness (QED) is 0.854. The number of carbonyl (C=O) groups excluding carboxylic acids is 2. The zero-order valence-corrected chi connectivity index (χ0v) is 11.7. The molecule has 0 radical (unpaired) electrons. The van der Waals surface area contributed by atoms with Crippen molar-refractivity contribution in [3.63, 3.8) is 0 Å². The fourth-order valence-corrected chi connectivity index (χ4v) is 1.68. The van der Waals surface area contributed by atoms with E-state index < -0.39 is 11.9 Å². The third-order valence-corrected chi connectivity index (χ3v) is 2.73. The van der Waals surface area contributed by atoms with Crippen LogP contribution in [-0.2, 0) is 20.7 Å². The molecule has 1 amide bonds. The lowest BCUT2D eigenvalue weighted by molar-refractivity contribution is -0.146. The molecule has 5 heteroatoms. The fourth-order valence-electron chi connectivity index (χ4n) is 1.68. The van der Waals surface area contributed by atoms with Gasteiger partial charge < -0.3 is 10.1 Å². The van der Waals surface area contributed by atoms with Gasteiger partial charge in [-0.25, -0.2) is 4.98 Å². The number of nitrogens with zero attached hydrogens (tertiary/aromatic N) is 1. The third kappa shape index (κ3) is 5.06. The molecule has 1 aromatic heterocycles. The lowest BCUT2D eigenvalue weighted by atomic mass is 10.2. The molecule has 0 unspecified atom stereocenters. The van der Waals surface area contributed by atoms with Gasteiger partial charge in [-0.15, -0.1) is 0 Å². The van der Waals surface area contributed by atoms with Gasteiger partial charge in [-0.2, -0.15) is 0 Å². The van der Waals surface area contributed by atoms with Crippen molar-refractivity contribution in [2.75, 3.05) is 11.9 Å². The van der Waals surface area contributed by atoms with E-state index in [1.807, 2.05) is 43.3 Å². The van der Waals surface area contributed by atoms with Crippen molar-refractivity contribution in [1.82, 2.24) is 4.98 Å². The average Bonchev–Trinajstić information content (AvgIpc) is 2.49. The number of hydrogen-bond donors (Lipinski definition) is 1. The highest BCUT2D eigenvalue weighted by molar-refractivity contribution is 5.92. The molecule has 21 heavy (non-hydrogen) atoms. The van der Waals surface area contributed by atoms with Crippen molar-refractivity contribution in [3.05, 3.63) is 59.8 Å². The van der Waals surface area contributed by atoms with Gasteiger partial charge in [-0.05, 0) is 24.1 Å². The summed E-state index contributed by atoms with van der Waals surface area (Å²) >= 11 is 0. The van der Waals surface area contributed by atoms with E-state index in [0.29, 0.717) is 5.82 Å². The Labute approximate surface area is 123 Å². The number of hydrogen-bond acceptors (Lipinski definition) is 4. The minimum Gasteiger partial charge on any atom is -0.455 e. The Hall–Kier alpha value is -2.69. The Balaban J connectivity index is 1.76. The van der Waals surface area contributed by atoms with Crippen molar-refractivity contribution in [1.29, 1.82) is 0 Å². The number of benzene rings is 1. The van der Waals surface area contributed by atoms with Crippen molar-refractivity contribution in [3.8, 4) is 0 Å². The van der Waals surface area contributed by atoms with E-state index in [2.05, 4.69) is 10.3 Å². The van der Waals surface area contributed by atoms with Crippen LogP contribution in [0, 0.1) is 6.92 Å². The zero-order chi connectivity index (χ0) is 15.1. The first-order valence-corrected chi connectivity index (χ1v) is 6.55. The van der Waals surface area contributed by atoms with Crippen LogP contribution in [0.25, 0.3) is 0 Å². The molecule has 1 heterocycles. The minimum atomic E-state index is -0.437. The van der Waals surface area contributed by atoms with E-state index in [9.17, 15) is 9.59 Å². The number of aromatic nitrogens is 1. The fraction of sp³-hybridized carbons (Fsp3) is 0.188. The van der Waals surface area contributed by atoms with Gasteiger partial charge in [0.2, 0.25) is 0 Å². The zero-order valence-electron chi connectivity index (χ0n) is 11.7. The molecule has 2 aromatic rings. The largest absolute Gasteiger partial charge is 0.455 e. The van der Waals surface area contributed by atoms with Crippen LogP contribution in [0.4, 0.5) is 5.82 Å². The molecule has 2 rings (SSSR count). The molecule has 1 aromatic carbocycles. The maximum atomic E-state index is 11.6. The van der Waals surface area contributed by atoms with E-state index in [0.717, 1.165) is 11.1 Å². The highest BCUT2D eigenvalue weighted by Gasteiger charge is 2.09. The van der Waals surface area contributed by atoms with E-state index in [1.165, 1.54) is 0 Å². The van der Waals surface area contributed by atoms with Crippen LogP contribution in [-0.4, -0.2) is 23.5 Å². The van der Waals surface area contributed by atoms with Crippen molar-refractivity contribution in [2.45, 2.75) is 13.3 Å². The second-order valence-electron chi connectivity index (χ2n) is 4.59.